The van der Waals surface area contributed by atoms with Gasteiger partial charge in [-0.1, -0.05) is 25.0 Å². The summed E-state index contributed by atoms with van der Waals surface area (Å²) in [4.78, 5) is 12.6. The van der Waals surface area contributed by atoms with Crippen LogP contribution >= 0.6 is 0 Å². The summed E-state index contributed by atoms with van der Waals surface area (Å²) in [6, 6.07) is 0. The zero-order chi connectivity index (χ0) is 11.7. The third-order valence-electron chi connectivity index (χ3n) is 5.70. The van der Waals surface area contributed by atoms with Crippen molar-refractivity contribution in [3.8, 4) is 0 Å². The standard InChI is InChI=1S/C15H22O/c1-9(2)10-8-15(4)12-5-6-14(3,13(15)16)7-11(10)12/h11-12H,5-8H2,1-4H3/t11-,12+,14+,15+/m1/s1. The fraction of sp³-hybridized carbons (Fsp3) is 0.800. The van der Waals surface area contributed by atoms with Crippen molar-refractivity contribution >= 4 is 5.78 Å². The summed E-state index contributed by atoms with van der Waals surface area (Å²) in [5, 5.41) is 0. The summed E-state index contributed by atoms with van der Waals surface area (Å²) in [6.45, 7) is 8.89. The molecule has 1 nitrogen and oxygen atoms in total. The molecule has 0 radical (unpaired) electrons. The molecule has 0 unspecified atom stereocenters. The van der Waals surface area contributed by atoms with Gasteiger partial charge in [-0.2, -0.15) is 0 Å². The summed E-state index contributed by atoms with van der Waals surface area (Å²) in [7, 11) is 0. The maximum Gasteiger partial charge on any atom is 0.145 e. The van der Waals surface area contributed by atoms with Crippen LogP contribution in [0.25, 0.3) is 0 Å². The number of allylic oxidation sites excluding steroid dienone is 2. The van der Waals surface area contributed by atoms with Gasteiger partial charge in [0.2, 0.25) is 0 Å². The van der Waals surface area contributed by atoms with E-state index in [0.29, 0.717) is 11.7 Å². The van der Waals surface area contributed by atoms with Crippen LogP contribution in [0.1, 0.15) is 53.4 Å². The largest absolute Gasteiger partial charge is 0.298 e. The van der Waals surface area contributed by atoms with E-state index in [9.17, 15) is 4.79 Å². The Bertz CT molecular complexity index is 402. The first-order valence-electron chi connectivity index (χ1n) is 6.60. The van der Waals surface area contributed by atoms with Gasteiger partial charge in [0.25, 0.3) is 0 Å². The first-order chi connectivity index (χ1) is 7.38. The lowest BCUT2D eigenvalue weighted by Gasteiger charge is -2.52. The molecular weight excluding hydrogens is 196 g/mol. The van der Waals surface area contributed by atoms with E-state index in [0.717, 1.165) is 25.2 Å². The Hall–Kier alpha value is -0.590. The Morgan fingerprint density at radius 3 is 2.62 bits per heavy atom. The summed E-state index contributed by atoms with van der Waals surface area (Å²) in [6.07, 6.45) is 4.60. The van der Waals surface area contributed by atoms with E-state index in [1.807, 2.05) is 0 Å². The molecule has 1 heteroatoms. The molecule has 88 valence electrons. The lowest BCUT2D eigenvalue weighted by molar-refractivity contribution is -0.153. The van der Waals surface area contributed by atoms with Crippen LogP contribution in [0.5, 0.6) is 0 Å². The van der Waals surface area contributed by atoms with E-state index in [2.05, 4.69) is 27.7 Å². The molecule has 0 aliphatic heterocycles. The fourth-order valence-corrected chi connectivity index (χ4v) is 4.88. The second kappa shape index (κ2) is 2.80. The van der Waals surface area contributed by atoms with Gasteiger partial charge < -0.3 is 0 Å². The van der Waals surface area contributed by atoms with Gasteiger partial charge in [-0.15, -0.1) is 0 Å². The third kappa shape index (κ3) is 1.00. The van der Waals surface area contributed by atoms with Gasteiger partial charge >= 0.3 is 0 Å². The zero-order valence-corrected chi connectivity index (χ0v) is 10.9. The van der Waals surface area contributed by atoms with Crippen molar-refractivity contribution in [1.29, 1.82) is 0 Å². The van der Waals surface area contributed by atoms with Gasteiger partial charge in [0.1, 0.15) is 5.78 Å². The van der Waals surface area contributed by atoms with Crippen molar-refractivity contribution < 1.29 is 4.79 Å². The molecular formula is C15H22O. The monoisotopic (exact) mass is 218 g/mol. The summed E-state index contributed by atoms with van der Waals surface area (Å²) >= 11 is 0. The van der Waals surface area contributed by atoms with E-state index < -0.39 is 0 Å². The van der Waals surface area contributed by atoms with Crippen LogP contribution < -0.4 is 0 Å². The number of fused-ring (bicyclic) bond motifs is 1. The highest BCUT2D eigenvalue weighted by Crippen LogP contribution is 2.67. The first kappa shape index (κ1) is 10.6. The predicted octanol–water partition coefficient (Wildman–Crippen LogP) is 3.74. The number of carbonyl (C=O) groups excluding carboxylic acids is 1. The smallest absolute Gasteiger partial charge is 0.145 e. The molecule has 0 aromatic carbocycles. The van der Waals surface area contributed by atoms with Crippen LogP contribution in [-0.4, -0.2) is 5.78 Å². The number of hydrogen-bond acceptors (Lipinski definition) is 1. The molecule has 0 amide bonds. The number of ketones is 1. The van der Waals surface area contributed by atoms with Crippen LogP contribution in [0.15, 0.2) is 11.1 Å². The molecule has 0 N–H and O–H groups in total. The van der Waals surface area contributed by atoms with Crippen molar-refractivity contribution in [2.75, 3.05) is 0 Å². The maximum atomic E-state index is 12.6. The molecule has 0 heterocycles. The highest BCUT2D eigenvalue weighted by molar-refractivity contribution is 5.93. The molecule has 4 bridgehead atoms. The quantitative estimate of drug-likeness (QED) is 0.566. The summed E-state index contributed by atoms with van der Waals surface area (Å²) < 4.78 is 0. The highest BCUT2D eigenvalue weighted by atomic mass is 16.1. The lowest BCUT2D eigenvalue weighted by atomic mass is 9.50. The topological polar surface area (TPSA) is 17.1 Å². The molecule has 4 saturated carbocycles. The lowest BCUT2D eigenvalue weighted by Crippen LogP contribution is -2.53. The second-order valence-corrected chi connectivity index (χ2v) is 6.97. The Morgan fingerprint density at radius 1 is 1.31 bits per heavy atom. The predicted molar refractivity (Wildman–Crippen MR) is 65.0 cm³/mol. The molecule has 4 rings (SSSR count). The number of carbonyl (C=O) groups is 1. The number of hydrogen-bond donors (Lipinski definition) is 0. The molecule has 0 saturated heterocycles. The Morgan fingerprint density at radius 2 is 2.00 bits per heavy atom. The number of rotatable bonds is 0. The van der Waals surface area contributed by atoms with Crippen molar-refractivity contribution in [2.24, 2.45) is 22.7 Å². The Kier molecular flexibility index (Phi) is 1.85. The number of Topliss-reactive ketones (excluding diaryl/α,β-unsaturated/α-hetero) is 1. The summed E-state index contributed by atoms with van der Waals surface area (Å²) in [5.74, 6) is 1.96. The van der Waals surface area contributed by atoms with Gasteiger partial charge in [-0.3, -0.25) is 4.79 Å². The molecule has 0 aromatic rings. The van der Waals surface area contributed by atoms with Crippen molar-refractivity contribution in [3.05, 3.63) is 11.1 Å². The van der Waals surface area contributed by atoms with E-state index in [-0.39, 0.29) is 10.8 Å². The van der Waals surface area contributed by atoms with Crippen LogP contribution in [0.2, 0.25) is 0 Å². The molecule has 4 aliphatic rings. The minimum atomic E-state index is -0.0114. The van der Waals surface area contributed by atoms with E-state index in [4.69, 9.17) is 0 Å². The van der Waals surface area contributed by atoms with Crippen LogP contribution in [0.3, 0.4) is 0 Å². The summed E-state index contributed by atoms with van der Waals surface area (Å²) in [5.41, 5.74) is 3.08. The molecule has 16 heavy (non-hydrogen) atoms. The molecule has 4 aliphatic carbocycles. The molecule has 0 spiro atoms. The van der Waals surface area contributed by atoms with E-state index >= 15 is 0 Å². The SMILES string of the molecule is CC(C)=C1C[C@]2(C)C(=O)[C@@]3(C)CC[C@H]2[C@@H]1C3. The minimum absolute atomic E-state index is 0.00532. The van der Waals surface area contributed by atoms with Gasteiger partial charge in [0, 0.05) is 10.8 Å². The molecule has 4 atom stereocenters. The molecule has 4 fully saturated rings. The maximum absolute atomic E-state index is 12.6. The second-order valence-electron chi connectivity index (χ2n) is 6.97. The van der Waals surface area contributed by atoms with Gasteiger partial charge in [-0.05, 0) is 51.4 Å². The minimum Gasteiger partial charge on any atom is -0.298 e. The van der Waals surface area contributed by atoms with Crippen LogP contribution in [0.4, 0.5) is 0 Å². The average molecular weight is 218 g/mol. The molecule has 0 aromatic heterocycles. The van der Waals surface area contributed by atoms with Crippen molar-refractivity contribution in [2.45, 2.75) is 53.4 Å². The van der Waals surface area contributed by atoms with Crippen LogP contribution in [-0.2, 0) is 4.79 Å². The first-order valence-corrected chi connectivity index (χ1v) is 6.60. The van der Waals surface area contributed by atoms with E-state index in [1.54, 1.807) is 5.57 Å². The van der Waals surface area contributed by atoms with Crippen molar-refractivity contribution in [3.63, 3.8) is 0 Å². The van der Waals surface area contributed by atoms with E-state index in [1.165, 1.54) is 12.0 Å². The zero-order valence-electron chi connectivity index (χ0n) is 10.9. The van der Waals surface area contributed by atoms with Crippen LogP contribution in [0, 0.1) is 22.7 Å². The van der Waals surface area contributed by atoms with Gasteiger partial charge in [0.15, 0.2) is 0 Å². The Labute approximate surface area is 98.3 Å². The Balaban J connectivity index is 2.16. The average Bonchev–Trinajstić information content (AvgIpc) is 2.47. The third-order valence-corrected chi connectivity index (χ3v) is 5.70. The van der Waals surface area contributed by atoms with Crippen molar-refractivity contribution in [1.82, 2.24) is 0 Å². The highest BCUT2D eigenvalue weighted by Gasteiger charge is 2.64. The van der Waals surface area contributed by atoms with Gasteiger partial charge in [0.05, 0.1) is 0 Å². The van der Waals surface area contributed by atoms with Gasteiger partial charge in [-0.25, -0.2) is 0 Å². The fourth-order valence-electron chi connectivity index (χ4n) is 4.88. The normalized spacial score (nSPS) is 50.0.